The number of nitrogens with zero attached hydrogens (tertiary/aromatic N) is 2. The van der Waals surface area contributed by atoms with Crippen molar-refractivity contribution in [3.05, 3.63) is 94.0 Å². The van der Waals surface area contributed by atoms with E-state index in [1.54, 1.807) is 30.3 Å². The average molecular weight is 440 g/mol. The molecule has 33 heavy (non-hydrogen) atoms. The first-order chi connectivity index (χ1) is 15.9. The summed E-state index contributed by atoms with van der Waals surface area (Å²) in [5.41, 5.74) is 3.39. The molecule has 0 N–H and O–H groups in total. The topological polar surface area (TPSA) is 96.7 Å². The summed E-state index contributed by atoms with van der Waals surface area (Å²) in [6.45, 7) is 3.85. The second-order valence-electron chi connectivity index (χ2n) is 7.62. The van der Waals surface area contributed by atoms with Gasteiger partial charge in [-0.25, -0.2) is 9.69 Å². The quantitative estimate of drug-likeness (QED) is 0.324. The number of ether oxygens (including phenoxy) is 2. The first-order valence-electron chi connectivity index (χ1n) is 10.3. The summed E-state index contributed by atoms with van der Waals surface area (Å²) in [5.74, 6) is -0.952. The van der Waals surface area contributed by atoms with Crippen molar-refractivity contribution >= 4 is 23.5 Å². The maximum absolute atomic E-state index is 13.0. The number of aryl methyl sites for hydroxylation is 2. The molecule has 164 valence electrons. The number of imide groups is 1. The highest BCUT2D eigenvalue weighted by Gasteiger charge is 2.38. The molecule has 1 aliphatic rings. The summed E-state index contributed by atoms with van der Waals surface area (Å²) >= 11 is 0. The van der Waals surface area contributed by atoms with Gasteiger partial charge in [0.15, 0.2) is 0 Å². The normalized spacial score (nSPS) is 12.3. The molecule has 7 heteroatoms. The number of esters is 1. The number of carbonyl (C=O) groups is 3. The molecule has 7 nitrogen and oxygen atoms in total. The van der Waals surface area contributed by atoms with Gasteiger partial charge in [-0.3, -0.25) is 9.59 Å². The van der Waals surface area contributed by atoms with E-state index in [9.17, 15) is 14.4 Å². The van der Waals surface area contributed by atoms with Crippen molar-refractivity contribution in [2.24, 2.45) is 0 Å². The van der Waals surface area contributed by atoms with Crippen LogP contribution in [0.15, 0.2) is 60.7 Å². The number of anilines is 1. The molecule has 0 spiro atoms. The minimum absolute atomic E-state index is 0.00257. The molecule has 0 bridgehead atoms. The molecule has 0 radical (unpaired) electrons. The Kier molecular flexibility index (Phi) is 5.92. The Labute approximate surface area is 190 Å². The summed E-state index contributed by atoms with van der Waals surface area (Å²) in [6.07, 6.45) is 0. The van der Waals surface area contributed by atoms with Crippen LogP contribution >= 0.6 is 0 Å². The molecule has 0 aliphatic carbocycles. The number of benzene rings is 3. The third-order valence-corrected chi connectivity index (χ3v) is 5.30. The van der Waals surface area contributed by atoms with Gasteiger partial charge >= 0.3 is 5.97 Å². The molecule has 0 saturated heterocycles. The number of hydrogen-bond acceptors (Lipinski definition) is 6. The van der Waals surface area contributed by atoms with Gasteiger partial charge in [-0.2, -0.15) is 5.26 Å². The molecular weight excluding hydrogens is 420 g/mol. The Hall–Kier alpha value is -4.44. The second-order valence-corrected chi connectivity index (χ2v) is 7.62. The molecule has 2 amide bonds. The lowest BCUT2D eigenvalue weighted by Crippen LogP contribution is -2.30. The van der Waals surface area contributed by atoms with Crippen LogP contribution in [0.3, 0.4) is 0 Å². The van der Waals surface area contributed by atoms with Gasteiger partial charge in [0.1, 0.15) is 19.0 Å². The molecule has 0 fully saturated rings. The molecular formula is C26H20N2O5. The van der Waals surface area contributed by atoms with Crippen molar-refractivity contribution in [2.45, 2.75) is 13.8 Å². The van der Waals surface area contributed by atoms with Crippen LogP contribution in [0.4, 0.5) is 5.69 Å². The van der Waals surface area contributed by atoms with Crippen LogP contribution in [0.2, 0.25) is 0 Å². The van der Waals surface area contributed by atoms with Crippen LogP contribution in [0.25, 0.3) is 0 Å². The Balaban J connectivity index is 1.42. The van der Waals surface area contributed by atoms with Crippen molar-refractivity contribution < 1.29 is 23.9 Å². The largest absolute Gasteiger partial charge is 0.490 e. The number of carbonyl (C=O) groups excluding carboxylic acids is 3. The fourth-order valence-electron chi connectivity index (χ4n) is 3.55. The van der Waals surface area contributed by atoms with Crippen LogP contribution in [0, 0.1) is 25.2 Å². The number of fused-ring (bicyclic) bond motifs is 1. The minimum atomic E-state index is -0.619. The van der Waals surface area contributed by atoms with Crippen LogP contribution in [0.1, 0.15) is 47.8 Å². The predicted octanol–water partition coefficient (Wildman–Crippen LogP) is 4.21. The third-order valence-electron chi connectivity index (χ3n) is 5.30. The van der Waals surface area contributed by atoms with Gasteiger partial charge in [-0.05, 0) is 73.5 Å². The number of hydrogen-bond donors (Lipinski definition) is 0. The number of nitriles is 1. The van der Waals surface area contributed by atoms with Crippen LogP contribution in [-0.2, 0) is 4.74 Å². The van der Waals surface area contributed by atoms with Gasteiger partial charge in [-0.1, -0.05) is 12.1 Å². The van der Waals surface area contributed by atoms with Crippen molar-refractivity contribution in [2.75, 3.05) is 18.1 Å². The van der Waals surface area contributed by atoms with E-state index in [0.29, 0.717) is 17.0 Å². The highest BCUT2D eigenvalue weighted by Crippen LogP contribution is 2.31. The van der Waals surface area contributed by atoms with Gasteiger partial charge in [0.2, 0.25) is 0 Å². The lowest BCUT2D eigenvalue weighted by atomic mass is 10.1. The van der Waals surface area contributed by atoms with Crippen molar-refractivity contribution in [1.29, 1.82) is 5.26 Å². The van der Waals surface area contributed by atoms with Gasteiger partial charge in [0, 0.05) is 0 Å². The molecule has 3 aromatic carbocycles. The number of amides is 2. The zero-order valence-corrected chi connectivity index (χ0v) is 18.1. The van der Waals surface area contributed by atoms with E-state index in [4.69, 9.17) is 14.7 Å². The summed E-state index contributed by atoms with van der Waals surface area (Å²) in [7, 11) is 0. The Morgan fingerprint density at radius 3 is 2.36 bits per heavy atom. The predicted molar refractivity (Wildman–Crippen MR) is 120 cm³/mol. The SMILES string of the molecule is Cc1ccc(C)c(N2C(=O)c3ccc(C(=O)OCCOc4ccc(C#N)cc4)cc3C2=O)c1. The molecule has 4 rings (SSSR count). The zero-order valence-electron chi connectivity index (χ0n) is 18.1. The Morgan fingerprint density at radius 2 is 1.64 bits per heavy atom. The smallest absolute Gasteiger partial charge is 0.338 e. The van der Waals surface area contributed by atoms with E-state index in [1.165, 1.54) is 18.2 Å². The summed E-state index contributed by atoms with van der Waals surface area (Å²) in [5, 5.41) is 8.81. The maximum atomic E-state index is 13.0. The summed E-state index contributed by atoms with van der Waals surface area (Å²) in [6, 6.07) is 18.5. The molecule has 0 saturated carbocycles. The Bertz CT molecular complexity index is 1310. The highest BCUT2D eigenvalue weighted by molar-refractivity contribution is 6.35. The van der Waals surface area contributed by atoms with E-state index >= 15 is 0 Å². The van der Waals surface area contributed by atoms with E-state index < -0.39 is 17.8 Å². The molecule has 0 atom stereocenters. The monoisotopic (exact) mass is 440 g/mol. The van der Waals surface area contributed by atoms with E-state index in [-0.39, 0.29) is 29.9 Å². The first kappa shape index (κ1) is 21.8. The molecule has 0 aromatic heterocycles. The molecule has 0 unspecified atom stereocenters. The lowest BCUT2D eigenvalue weighted by Gasteiger charge is -2.17. The second kappa shape index (κ2) is 8.97. The van der Waals surface area contributed by atoms with Crippen molar-refractivity contribution in [3.8, 4) is 11.8 Å². The van der Waals surface area contributed by atoms with E-state index in [0.717, 1.165) is 16.0 Å². The Morgan fingerprint density at radius 1 is 0.909 bits per heavy atom. The van der Waals surface area contributed by atoms with E-state index in [2.05, 4.69) is 0 Å². The lowest BCUT2D eigenvalue weighted by molar-refractivity contribution is 0.0450. The van der Waals surface area contributed by atoms with E-state index in [1.807, 2.05) is 32.0 Å². The van der Waals surface area contributed by atoms with Crippen LogP contribution in [-0.4, -0.2) is 31.0 Å². The van der Waals surface area contributed by atoms with Gasteiger partial charge < -0.3 is 9.47 Å². The fraction of sp³-hybridized carbons (Fsp3) is 0.154. The van der Waals surface area contributed by atoms with Crippen LogP contribution < -0.4 is 9.64 Å². The minimum Gasteiger partial charge on any atom is -0.490 e. The zero-order chi connectivity index (χ0) is 23.5. The molecule has 3 aromatic rings. The average Bonchev–Trinajstić information content (AvgIpc) is 3.08. The number of rotatable bonds is 6. The standard InChI is InChI=1S/C26H20N2O5/c1-16-3-4-17(2)23(13-16)28-24(29)21-10-7-19(14-22(21)25(28)30)26(31)33-12-11-32-20-8-5-18(15-27)6-9-20/h3-10,13-14H,11-12H2,1-2H3. The van der Waals surface area contributed by atoms with Crippen LogP contribution in [0.5, 0.6) is 5.75 Å². The molecule has 1 aliphatic heterocycles. The highest BCUT2D eigenvalue weighted by atomic mass is 16.6. The summed E-state index contributed by atoms with van der Waals surface area (Å²) < 4.78 is 10.7. The van der Waals surface area contributed by atoms with Crippen molar-refractivity contribution in [3.63, 3.8) is 0 Å². The summed E-state index contributed by atoms with van der Waals surface area (Å²) in [4.78, 5) is 39.5. The first-order valence-corrected chi connectivity index (χ1v) is 10.3. The fourth-order valence-corrected chi connectivity index (χ4v) is 3.55. The molecule has 1 heterocycles. The van der Waals surface area contributed by atoms with Gasteiger partial charge in [0.25, 0.3) is 11.8 Å². The third kappa shape index (κ3) is 4.32. The maximum Gasteiger partial charge on any atom is 0.338 e. The van der Waals surface area contributed by atoms with Gasteiger partial charge in [0.05, 0.1) is 34.0 Å². The van der Waals surface area contributed by atoms with Crippen molar-refractivity contribution in [1.82, 2.24) is 0 Å². The van der Waals surface area contributed by atoms with Gasteiger partial charge in [-0.15, -0.1) is 0 Å².